The second-order valence-electron chi connectivity index (χ2n) is 3.55. The summed E-state index contributed by atoms with van der Waals surface area (Å²) in [5.74, 6) is 0.731. The van der Waals surface area contributed by atoms with Crippen LogP contribution < -0.4 is 0 Å². The van der Waals surface area contributed by atoms with E-state index in [-0.39, 0.29) is 0 Å². The quantitative estimate of drug-likeness (QED) is 0.617. The maximum atomic E-state index is 4.47. The zero-order valence-electron chi connectivity index (χ0n) is 7.59. The van der Waals surface area contributed by atoms with Crippen LogP contribution in [0, 0.1) is 0 Å². The molecule has 64 valence electrons. The van der Waals surface area contributed by atoms with Crippen molar-refractivity contribution in [1.82, 2.24) is 4.98 Å². The maximum Gasteiger partial charge on any atom is 0.0466 e. The van der Waals surface area contributed by atoms with Crippen LogP contribution in [0.5, 0.6) is 0 Å². The van der Waals surface area contributed by atoms with Gasteiger partial charge in [-0.3, -0.25) is 4.98 Å². The van der Waals surface area contributed by atoms with E-state index in [2.05, 4.69) is 24.0 Å². The van der Waals surface area contributed by atoms with Crippen molar-refractivity contribution in [2.24, 2.45) is 0 Å². The second kappa shape index (κ2) is 3.26. The van der Waals surface area contributed by atoms with Crippen molar-refractivity contribution >= 4 is 0 Å². The van der Waals surface area contributed by atoms with Crippen molar-refractivity contribution in [2.45, 2.75) is 38.5 Å². The summed E-state index contributed by atoms with van der Waals surface area (Å²) in [6.07, 6.45) is 7.08. The van der Waals surface area contributed by atoms with Crippen molar-refractivity contribution in [1.29, 1.82) is 0 Å². The molecule has 0 amide bonds. The first-order chi connectivity index (χ1) is 5.92. The Kier molecular flexibility index (Phi) is 2.11. The van der Waals surface area contributed by atoms with E-state index in [1.807, 2.05) is 6.20 Å². The molecule has 1 atom stereocenters. The Morgan fingerprint density at radius 3 is 3.33 bits per heavy atom. The molecule has 1 aliphatic rings. The molecule has 0 bridgehead atoms. The Bertz CT molecular complexity index is 267. The summed E-state index contributed by atoms with van der Waals surface area (Å²) >= 11 is 0. The summed E-state index contributed by atoms with van der Waals surface area (Å²) in [7, 11) is 0. The largest absolute Gasteiger partial charge is 0.261 e. The minimum absolute atomic E-state index is 0.731. The van der Waals surface area contributed by atoms with Gasteiger partial charge in [-0.1, -0.05) is 13.0 Å². The Hall–Kier alpha value is -0.850. The number of fused-ring (bicyclic) bond motifs is 1. The average molecular weight is 161 g/mol. The van der Waals surface area contributed by atoms with E-state index in [1.165, 1.54) is 36.9 Å². The third kappa shape index (κ3) is 1.24. The van der Waals surface area contributed by atoms with Crippen LogP contribution >= 0.6 is 0 Å². The first kappa shape index (κ1) is 7.78. The van der Waals surface area contributed by atoms with Crippen LogP contribution in [0.1, 0.15) is 43.4 Å². The van der Waals surface area contributed by atoms with E-state index in [0.29, 0.717) is 0 Å². The molecule has 0 fully saturated rings. The van der Waals surface area contributed by atoms with Crippen molar-refractivity contribution in [3.8, 4) is 0 Å². The highest BCUT2D eigenvalue weighted by Gasteiger charge is 2.18. The third-order valence-electron chi connectivity index (χ3n) is 2.80. The number of pyridine rings is 1. The Morgan fingerprint density at radius 2 is 2.50 bits per heavy atom. The van der Waals surface area contributed by atoms with Crippen LogP contribution in [0.25, 0.3) is 0 Å². The minimum atomic E-state index is 0.731. The van der Waals surface area contributed by atoms with Crippen molar-refractivity contribution in [3.63, 3.8) is 0 Å². The molecule has 2 rings (SSSR count). The lowest BCUT2D eigenvalue weighted by atomic mass is 9.85. The molecule has 1 aromatic rings. The number of nitrogens with zero attached hydrogens (tertiary/aromatic N) is 1. The van der Waals surface area contributed by atoms with Gasteiger partial charge in [0.15, 0.2) is 0 Å². The van der Waals surface area contributed by atoms with Gasteiger partial charge in [-0.25, -0.2) is 0 Å². The standard InChI is InChI=1S/C11H15N/c1-2-9-5-3-6-10-7-4-8-12-11(9)10/h4,7-9H,2-3,5-6H2,1H3/t9-/m1/s1. The Labute approximate surface area is 73.8 Å². The fourth-order valence-corrected chi connectivity index (χ4v) is 2.10. The van der Waals surface area contributed by atoms with Gasteiger partial charge in [0.1, 0.15) is 0 Å². The fraction of sp³-hybridized carbons (Fsp3) is 0.545. The van der Waals surface area contributed by atoms with Gasteiger partial charge in [0.2, 0.25) is 0 Å². The number of hydrogen-bond donors (Lipinski definition) is 0. The first-order valence-electron chi connectivity index (χ1n) is 4.85. The summed E-state index contributed by atoms with van der Waals surface area (Å²) in [6.45, 7) is 2.26. The van der Waals surface area contributed by atoms with Crippen LogP contribution in [-0.2, 0) is 6.42 Å². The molecule has 1 heteroatoms. The van der Waals surface area contributed by atoms with Gasteiger partial charge in [-0.05, 0) is 37.3 Å². The van der Waals surface area contributed by atoms with Gasteiger partial charge in [-0.15, -0.1) is 0 Å². The lowest BCUT2D eigenvalue weighted by Gasteiger charge is -2.22. The van der Waals surface area contributed by atoms with Gasteiger partial charge in [0.05, 0.1) is 0 Å². The molecular weight excluding hydrogens is 146 g/mol. The van der Waals surface area contributed by atoms with Gasteiger partial charge in [0, 0.05) is 17.8 Å². The molecule has 0 saturated heterocycles. The molecular formula is C11H15N. The molecule has 0 N–H and O–H groups in total. The van der Waals surface area contributed by atoms with Crippen LogP contribution in [0.2, 0.25) is 0 Å². The van der Waals surface area contributed by atoms with Gasteiger partial charge >= 0.3 is 0 Å². The van der Waals surface area contributed by atoms with Gasteiger partial charge in [-0.2, -0.15) is 0 Å². The lowest BCUT2D eigenvalue weighted by molar-refractivity contribution is 0.525. The molecule has 1 aromatic heterocycles. The third-order valence-corrected chi connectivity index (χ3v) is 2.80. The lowest BCUT2D eigenvalue weighted by Crippen LogP contribution is -2.10. The molecule has 1 heterocycles. The zero-order valence-corrected chi connectivity index (χ0v) is 7.59. The molecule has 0 radical (unpaired) electrons. The molecule has 12 heavy (non-hydrogen) atoms. The van der Waals surface area contributed by atoms with Crippen LogP contribution in [0.15, 0.2) is 18.3 Å². The highest BCUT2D eigenvalue weighted by Crippen LogP contribution is 2.31. The SMILES string of the molecule is CC[C@@H]1CCCc2cccnc21. The topological polar surface area (TPSA) is 12.9 Å². The summed E-state index contributed by atoms with van der Waals surface area (Å²) in [5, 5.41) is 0. The second-order valence-corrected chi connectivity index (χ2v) is 3.55. The predicted octanol–water partition coefficient (Wildman–Crippen LogP) is 2.91. The normalized spacial score (nSPS) is 21.9. The number of hydrogen-bond acceptors (Lipinski definition) is 1. The van der Waals surface area contributed by atoms with E-state index < -0.39 is 0 Å². The van der Waals surface area contributed by atoms with Crippen LogP contribution in [0.3, 0.4) is 0 Å². The molecule has 0 unspecified atom stereocenters. The molecule has 1 aliphatic carbocycles. The van der Waals surface area contributed by atoms with Crippen molar-refractivity contribution in [3.05, 3.63) is 29.6 Å². The maximum absolute atomic E-state index is 4.47. The van der Waals surface area contributed by atoms with E-state index in [4.69, 9.17) is 0 Å². The zero-order chi connectivity index (χ0) is 8.39. The molecule has 0 aliphatic heterocycles. The molecule has 1 nitrogen and oxygen atoms in total. The average Bonchev–Trinajstić information content (AvgIpc) is 2.17. The summed E-state index contributed by atoms with van der Waals surface area (Å²) in [4.78, 5) is 4.47. The molecule has 0 spiro atoms. The fourth-order valence-electron chi connectivity index (χ4n) is 2.10. The summed E-state index contributed by atoms with van der Waals surface area (Å²) in [6, 6.07) is 4.28. The number of rotatable bonds is 1. The van der Waals surface area contributed by atoms with Crippen molar-refractivity contribution < 1.29 is 0 Å². The summed E-state index contributed by atoms with van der Waals surface area (Å²) < 4.78 is 0. The Morgan fingerprint density at radius 1 is 1.58 bits per heavy atom. The minimum Gasteiger partial charge on any atom is -0.261 e. The summed E-state index contributed by atoms with van der Waals surface area (Å²) in [5.41, 5.74) is 2.85. The first-order valence-corrected chi connectivity index (χ1v) is 4.85. The highest BCUT2D eigenvalue weighted by molar-refractivity contribution is 5.25. The van der Waals surface area contributed by atoms with Crippen LogP contribution in [-0.4, -0.2) is 4.98 Å². The highest BCUT2D eigenvalue weighted by atomic mass is 14.7. The van der Waals surface area contributed by atoms with Gasteiger partial charge in [0.25, 0.3) is 0 Å². The molecule has 0 aromatic carbocycles. The predicted molar refractivity (Wildman–Crippen MR) is 50.2 cm³/mol. The van der Waals surface area contributed by atoms with E-state index in [0.717, 1.165) is 5.92 Å². The Balaban J connectivity index is 2.37. The van der Waals surface area contributed by atoms with E-state index in [9.17, 15) is 0 Å². The van der Waals surface area contributed by atoms with E-state index >= 15 is 0 Å². The molecule has 0 saturated carbocycles. The smallest absolute Gasteiger partial charge is 0.0466 e. The number of aromatic nitrogens is 1. The van der Waals surface area contributed by atoms with E-state index in [1.54, 1.807) is 0 Å². The monoisotopic (exact) mass is 161 g/mol. The number of aryl methyl sites for hydroxylation is 1. The van der Waals surface area contributed by atoms with Gasteiger partial charge < -0.3 is 0 Å². The van der Waals surface area contributed by atoms with Crippen molar-refractivity contribution in [2.75, 3.05) is 0 Å². The van der Waals surface area contributed by atoms with Crippen LogP contribution in [0.4, 0.5) is 0 Å².